The number of nitrogens with one attached hydrogen (secondary N) is 1. The Hall–Kier alpha value is -4.01. The highest BCUT2D eigenvalue weighted by molar-refractivity contribution is 6.02. The van der Waals surface area contributed by atoms with Gasteiger partial charge in [-0.05, 0) is 62.2 Å². The van der Waals surface area contributed by atoms with Crippen LogP contribution in [0.15, 0.2) is 42.5 Å². The molecule has 1 atom stereocenters. The number of hydrogen-bond donors (Lipinski definition) is 1. The Morgan fingerprint density at radius 1 is 1.14 bits per heavy atom. The number of nitrogens with zero attached hydrogens (tertiary/aromatic N) is 2. The number of carbonyl (C=O) groups is 1. The first-order valence-electron chi connectivity index (χ1n) is 11.5. The Morgan fingerprint density at radius 2 is 1.89 bits per heavy atom. The van der Waals surface area contributed by atoms with Crippen molar-refractivity contribution in [3.05, 3.63) is 93.4 Å². The van der Waals surface area contributed by atoms with Crippen LogP contribution in [0, 0.1) is 38.2 Å². The quantitative estimate of drug-likeness (QED) is 0.397. The average molecular weight is 496 g/mol. The predicted molar refractivity (Wildman–Crippen MR) is 127 cm³/mol. The van der Waals surface area contributed by atoms with E-state index in [9.17, 15) is 18.0 Å². The maximum absolute atomic E-state index is 14.1. The Bertz CT molecular complexity index is 1480. The average Bonchev–Trinajstić information content (AvgIpc) is 3.15. The second-order valence-electron chi connectivity index (χ2n) is 8.92. The van der Waals surface area contributed by atoms with E-state index in [2.05, 4.69) is 10.4 Å². The zero-order chi connectivity index (χ0) is 25.6. The topological polar surface area (TPSA) is 64.9 Å². The van der Waals surface area contributed by atoms with E-state index in [1.54, 1.807) is 26.0 Å². The molecule has 5 rings (SSSR count). The molecule has 1 N–H and O–H groups in total. The number of ether oxygens (including phenoxy) is 2. The van der Waals surface area contributed by atoms with Gasteiger partial charge in [-0.2, -0.15) is 9.61 Å². The first-order chi connectivity index (χ1) is 17.2. The normalized spacial score (nSPS) is 14.9. The van der Waals surface area contributed by atoms with Crippen molar-refractivity contribution >= 4 is 11.4 Å². The lowest BCUT2D eigenvalue weighted by atomic mass is 9.97. The van der Waals surface area contributed by atoms with Gasteiger partial charge in [0.25, 0.3) is 5.91 Å². The molecule has 186 valence electrons. The summed E-state index contributed by atoms with van der Waals surface area (Å²) in [5, 5.41) is 7.45. The first kappa shape index (κ1) is 23.7. The second kappa shape index (κ2) is 9.22. The first-order valence-corrected chi connectivity index (χ1v) is 11.5. The molecule has 0 saturated heterocycles. The Balaban J connectivity index is 1.47. The highest BCUT2D eigenvalue weighted by Crippen LogP contribution is 2.36. The molecule has 1 amide bonds. The van der Waals surface area contributed by atoms with Crippen LogP contribution < -0.4 is 14.8 Å². The largest absolute Gasteiger partial charge is 0.493 e. The molecule has 2 aromatic carbocycles. The van der Waals surface area contributed by atoms with Crippen molar-refractivity contribution < 1.29 is 27.4 Å². The summed E-state index contributed by atoms with van der Waals surface area (Å²) in [6, 6.07) is 9.42. The molecular weight excluding hydrogens is 471 g/mol. The van der Waals surface area contributed by atoms with Crippen LogP contribution in [0.4, 0.5) is 13.2 Å². The fourth-order valence-corrected chi connectivity index (χ4v) is 4.59. The number of aromatic nitrogens is 2. The summed E-state index contributed by atoms with van der Waals surface area (Å²) >= 11 is 0. The summed E-state index contributed by atoms with van der Waals surface area (Å²) in [7, 11) is 0. The van der Waals surface area contributed by atoms with Crippen LogP contribution in [0.25, 0.3) is 5.52 Å². The number of halogens is 3. The fraction of sp³-hybridized carbons (Fsp3) is 0.259. The van der Waals surface area contributed by atoms with Crippen molar-refractivity contribution in [1.82, 2.24) is 14.9 Å². The van der Waals surface area contributed by atoms with Crippen molar-refractivity contribution in [3.63, 3.8) is 0 Å². The van der Waals surface area contributed by atoms with E-state index in [0.717, 1.165) is 17.7 Å². The van der Waals surface area contributed by atoms with Crippen LogP contribution in [0.1, 0.15) is 50.8 Å². The third-order valence-electron chi connectivity index (χ3n) is 6.28. The second-order valence-corrected chi connectivity index (χ2v) is 8.92. The molecule has 2 aromatic heterocycles. The van der Waals surface area contributed by atoms with Gasteiger partial charge in [-0.25, -0.2) is 13.2 Å². The van der Waals surface area contributed by atoms with Crippen molar-refractivity contribution in [2.45, 2.75) is 39.8 Å². The van der Waals surface area contributed by atoms with Gasteiger partial charge in [0.05, 0.1) is 35.0 Å². The van der Waals surface area contributed by atoms with Gasteiger partial charge in [0.15, 0.2) is 0 Å². The molecular formula is C27H24F3N3O3. The van der Waals surface area contributed by atoms with Crippen molar-refractivity contribution in [3.8, 4) is 11.6 Å². The zero-order valence-corrected chi connectivity index (χ0v) is 20.0. The lowest BCUT2D eigenvalue weighted by Crippen LogP contribution is -2.32. The van der Waals surface area contributed by atoms with Gasteiger partial charge in [0.1, 0.15) is 29.8 Å². The summed E-state index contributed by atoms with van der Waals surface area (Å²) in [4.78, 5) is 13.4. The van der Waals surface area contributed by atoms with Gasteiger partial charge < -0.3 is 14.8 Å². The highest BCUT2D eigenvalue weighted by Gasteiger charge is 2.28. The minimum atomic E-state index is -0.709. The number of pyridine rings is 1. The molecule has 4 aromatic rings. The molecule has 1 unspecified atom stereocenters. The minimum Gasteiger partial charge on any atom is -0.493 e. The molecule has 36 heavy (non-hydrogen) atoms. The maximum Gasteiger partial charge on any atom is 0.255 e. The minimum absolute atomic E-state index is 0.199. The third-order valence-corrected chi connectivity index (χ3v) is 6.28. The molecule has 0 saturated carbocycles. The van der Waals surface area contributed by atoms with E-state index in [-0.39, 0.29) is 24.0 Å². The number of rotatable bonds is 5. The van der Waals surface area contributed by atoms with Crippen molar-refractivity contribution in [2.75, 3.05) is 6.61 Å². The van der Waals surface area contributed by atoms with E-state index in [1.807, 2.05) is 6.92 Å². The van der Waals surface area contributed by atoms with E-state index < -0.39 is 23.5 Å². The van der Waals surface area contributed by atoms with E-state index in [1.165, 1.54) is 22.7 Å². The van der Waals surface area contributed by atoms with Crippen LogP contribution >= 0.6 is 0 Å². The van der Waals surface area contributed by atoms with Gasteiger partial charge in [0, 0.05) is 18.1 Å². The number of fused-ring (bicyclic) bond motifs is 2. The van der Waals surface area contributed by atoms with Crippen LogP contribution in [0.2, 0.25) is 0 Å². The molecule has 0 fully saturated rings. The summed E-state index contributed by atoms with van der Waals surface area (Å²) < 4.78 is 55.1. The third kappa shape index (κ3) is 4.25. The number of carbonyl (C=O) groups excluding carboxylic acids is 1. The fourth-order valence-electron chi connectivity index (χ4n) is 4.59. The number of aryl methyl sites for hydroxylation is 3. The molecule has 0 aliphatic carbocycles. The van der Waals surface area contributed by atoms with Gasteiger partial charge in [0.2, 0.25) is 5.88 Å². The van der Waals surface area contributed by atoms with E-state index in [0.29, 0.717) is 46.7 Å². The summed E-state index contributed by atoms with van der Waals surface area (Å²) in [5.74, 6) is -1.37. The number of benzene rings is 2. The lowest BCUT2D eigenvalue weighted by Gasteiger charge is -2.28. The molecule has 0 bridgehead atoms. The molecule has 1 aliphatic heterocycles. The van der Waals surface area contributed by atoms with Gasteiger partial charge >= 0.3 is 0 Å². The van der Waals surface area contributed by atoms with Crippen LogP contribution in [-0.2, 0) is 6.61 Å². The molecule has 9 heteroatoms. The monoisotopic (exact) mass is 495 g/mol. The van der Waals surface area contributed by atoms with Crippen LogP contribution in [-0.4, -0.2) is 22.1 Å². The van der Waals surface area contributed by atoms with Crippen LogP contribution in [0.3, 0.4) is 0 Å². The maximum atomic E-state index is 14.1. The van der Waals surface area contributed by atoms with Crippen LogP contribution in [0.5, 0.6) is 11.6 Å². The van der Waals surface area contributed by atoms with Crippen molar-refractivity contribution in [2.24, 2.45) is 0 Å². The molecule has 3 heterocycles. The number of amides is 1. The predicted octanol–water partition coefficient (Wildman–Crippen LogP) is 5.51. The molecule has 6 nitrogen and oxygen atoms in total. The van der Waals surface area contributed by atoms with E-state index in [4.69, 9.17) is 9.47 Å². The summed E-state index contributed by atoms with van der Waals surface area (Å²) in [6.07, 6.45) is 0.488. The van der Waals surface area contributed by atoms with Gasteiger partial charge in [-0.1, -0.05) is 6.07 Å². The smallest absolute Gasteiger partial charge is 0.255 e. The highest BCUT2D eigenvalue weighted by atomic mass is 19.1. The Labute approximate surface area is 205 Å². The Morgan fingerprint density at radius 3 is 2.64 bits per heavy atom. The summed E-state index contributed by atoms with van der Waals surface area (Å²) in [6.45, 7) is 5.32. The lowest BCUT2D eigenvalue weighted by molar-refractivity contribution is 0.0925. The van der Waals surface area contributed by atoms with Gasteiger partial charge in [-0.3, -0.25) is 4.79 Å². The molecule has 0 radical (unpaired) electrons. The summed E-state index contributed by atoms with van der Waals surface area (Å²) in [5.41, 5.74) is 3.10. The van der Waals surface area contributed by atoms with Gasteiger partial charge in [-0.15, -0.1) is 0 Å². The van der Waals surface area contributed by atoms with E-state index >= 15 is 0 Å². The Kier molecular flexibility index (Phi) is 6.07. The number of hydrogen-bond acceptors (Lipinski definition) is 4. The SMILES string of the molecule is Cc1cc(OCc2c(F)cccc2F)n2nc(C)c(C(=O)NC3CCOc4c(C)cc(F)cc43)c2c1. The molecule has 0 spiro atoms. The van der Waals surface area contributed by atoms with Crippen molar-refractivity contribution in [1.29, 1.82) is 0 Å². The molecule has 1 aliphatic rings. The zero-order valence-electron chi connectivity index (χ0n) is 20.0. The standard InChI is InChI=1S/C27H24F3N3O3/c1-14-9-23-25(27(34)31-22-7-8-35-26-15(2)11-17(28)12-18(22)26)16(3)32-33(23)24(10-14)36-13-19-20(29)5-4-6-21(19)30/h4-6,9-12,22H,7-8,13H2,1-3H3,(H,31,34).